The summed E-state index contributed by atoms with van der Waals surface area (Å²) in [6, 6.07) is 0. The fourth-order valence-electron chi connectivity index (χ4n) is 1.63. The van der Waals surface area contributed by atoms with Gasteiger partial charge in [0.15, 0.2) is 0 Å². The molecule has 12 heavy (non-hydrogen) atoms. The molecule has 0 aromatic carbocycles. The van der Waals surface area contributed by atoms with Gasteiger partial charge in [-0.15, -0.1) is 0 Å². The summed E-state index contributed by atoms with van der Waals surface area (Å²) in [5.41, 5.74) is 6.96. The van der Waals surface area contributed by atoms with Crippen LogP contribution in [0.2, 0.25) is 0 Å². The van der Waals surface area contributed by atoms with E-state index in [1.54, 1.807) is 12.4 Å². The molecule has 1 saturated carbocycles. The van der Waals surface area contributed by atoms with Crippen molar-refractivity contribution in [2.75, 3.05) is 6.54 Å². The van der Waals surface area contributed by atoms with Gasteiger partial charge in [-0.1, -0.05) is 0 Å². The van der Waals surface area contributed by atoms with Crippen LogP contribution in [0.5, 0.6) is 0 Å². The molecule has 2 rings (SSSR count). The van der Waals surface area contributed by atoms with E-state index < -0.39 is 0 Å². The topological polar surface area (TPSA) is 51.8 Å². The minimum atomic E-state index is 0.295. The van der Waals surface area contributed by atoms with Gasteiger partial charge in [-0.25, -0.2) is 0 Å². The van der Waals surface area contributed by atoms with Gasteiger partial charge in [-0.05, 0) is 25.8 Å². The quantitative estimate of drug-likeness (QED) is 0.719. The van der Waals surface area contributed by atoms with Gasteiger partial charge >= 0.3 is 0 Å². The molecule has 1 aliphatic rings. The van der Waals surface area contributed by atoms with Crippen LogP contribution in [0, 0.1) is 0 Å². The normalized spacial score (nSPS) is 19.1. The lowest BCUT2D eigenvalue weighted by Gasteiger charge is -2.11. The Kier molecular flexibility index (Phi) is 1.81. The highest BCUT2D eigenvalue weighted by Crippen LogP contribution is 2.49. The Balaban J connectivity index is 2.19. The molecule has 64 valence electrons. The van der Waals surface area contributed by atoms with E-state index in [0.717, 1.165) is 18.7 Å². The second kappa shape index (κ2) is 2.83. The van der Waals surface area contributed by atoms with Crippen molar-refractivity contribution in [3.05, 3.63) is 24.3 Å². The van der Waals surface area contributed by atoms with Crippen LogP contribution in [0.1, 0.15) is 25.0 Å². The predicted molar refractivity (Wildman–Crippen MR) is 46.6 cm³/mol. The summed E-state index contributed by atoms with van der Waals surface area (Å²) in [4.78, 5) is 8.38. The summed E-state index contributed by atoms with van der Waals surface area (Å²) >= 11 is 0. The molecule has 0 radical (unpaired) electrons. The Morgan fingerprint density at radius 3 is 2.75 bits per heavy atom. The predicted octanol–water partition coefficient (Wildman–Crippen LogP) is 0.857. The lowest BCUT2D eigenvalue weighted by atomic mass is 9.99. The summed E-state index contributed by atoms with van der Waals surface area (Å²) in [5.74, 6) is 0. The van der Waals surface area contributed by atoms with Crippen molar-refractivity contribution in [3.8, 4) is 0 Å². The first-order valence-corrected chi connectivity index (χ1v) is 4.34. The Labute approximate surface area is 72.0 Å². The van der Waals surface area contributed by atoms with Crippen molar-refractivity contribution < 1.29 is 0 Å². The first-order chi connectivity index (χ1) is 5.87. The molecule has 1 aromatic heterocycles. The minimum absolute atomic E-state index is 0.295. The van der Waals surface area contributed by atoms with Gasteiger partial charge in [0.2, 0.25) is 0 Å². The minimum Gasteiger partial charge on any atom is -0.330 e. The van der Waals surface area contributed by atoms with Crippen LogP contribution in [0.3, 0.4) is 0 Å². The average molecular weight is 163 g/mol. The van der Waals surface area contributed by atoms with Gasteiger partial charge in [-0.2, -0.15) is 0 Å². The highest BCUT2D eigenvalue weighted by atomic mass is 14.8. The lowest BCUT2D eigenvalue weighted by molar-refractivity contribution is 0.606. The third kappa shape index (κ3) is 1.20. The second-order valence-electron chi connectivity index (χ2n) is 3.41. The van der Waals surface area contributed by atoms with E-state index in [4.69, 9.17) is 5.73 Å². The van der Waals surface area contributed by atoms with Crippen LogP contribution < -0.4 is 5.73 Å². The van der Waals surface area contributed by atoms with Crippen molar-refractivity contribution >= 4 is 0 Å². The molecule has 0 aliphatic heterocycles. The molecule has 3 nitrogen and oxygen atoms in total. The Hall–Kier alpha value is -0.960. The van der Waals surface area contributed by atoms with Gasteiger partial charge in [0, 0.05) is 24.0 Å². The molecule has 0 amide bonds. The van der Waals surface area contributed by atoms with Gasteiger partial charge < -0.3 is 5.73 Å². The summed E-state index contributed by atoms with van der Waals surface area (Å²) in [6.07, 6.45) is 8.83. The molecule has 1 fully saturated rings. The summed E-state index contributed by atoms with van der Waals surface area (Å²) in [6.45, 7) is 0.747. The maximum Gasteiger partial charge on any atom is 0.0648 e. The van der Waals surface area contributed by atoms with Gasteiger partial charge in [0.1, 0.15) is 0 Å². The van der Waals surface area contributed by atoms with Crippen LogP contribution in [-0.4, -0.2) is 16.5 Å². The van der Waals surface area contributed by atoms with Crippen molar-refractivity contribution in [2.24, 2.45) is 5.73 Å². The molecule has 0 atom stereocenters. The number of aromatic nitrogens is 2. The van der Waals surface area contributed by atoms with E-state index in [9.17, 15) is 0 Å². The maximum absolute atomic E-state index is 5.54. The smallest absolute Gasteiger partial charge is 0.0648 e. The molecule has 1 aromatic rings. The van der Waals surface area contributed by atoms with E-state index in [1.165, 1.54) is 12.8 Å². The van der Waals surface area contributed by atoms with Crippen LogP contribution in [0.25, 0.3) is 0 Å². The monoisotopic (exact) mass is 163 g/mol. The number of rotatable bonds is 3. The fraction of sp³-hybridized carbons (Fsp3) is 0.556. The molecular formula is C9H13N3. The van der Waals surface area contributed by atoms with Crippen molar-refractivity contribution in [3.63, 3.8) is 0 Å². The molecule has 0 unspecified atom stereocenters. The molecule has 1 heterocycles. The van der Waals surface area contributed by atoms with Crippen LogP contribution >= 0.6 is 0 Å². The Bertz CT molecular complexity index is 254. The summed E-state index contributed by atoms with van der Waals surface area (Å²) < 4.78 is 0. The van der Waals surface area contributed by atoms with Crippen molar-refractivity contribution in [2.45, 2.75) is 24.7 Å². The van der Waals surface area contributed by atoms with E-state index in [-0.39, 0.29) is 0 Å². The third-order valence-corrected chi connectivity index (χ3v) is 2.58. The SMILES string of the molecule is NCCC1(c2cnccn2)CC1. The first kappa shape index (κ1) is 7.68. The number of hydrogen-bond donors (Lipinski definition) is 1. The zero-order chi connectivity index (χ0) is 8.44. The van der Waals surface area contributed by atoms with E-state index in [2.05, 4.69) is 9.97 Å². The first-order valence-electron chi connectivity index (χ1n) is 4.34. The number of hydrogen-bond acceptors (Lipinski definition) is 3. The average Bonchev–Trinajstić information content (AvgIpc) is 2.88. The molecule has 0 bridgehead atoms. The van der Waals surface area contributed by atoms with Crippen LogP contribution in [0.4, 0.5) is 0 Å². The maximum atomic E-state index is 5.54. The molecule has 0 spiro atoms. The standard InChI is InChI=1S/C9H13N3/c10-4-3-9(1-2-9)8-7-11-5-6-12-8/h5-7H,1-4,10H2. The molecule has 1 aliphatic carbocycles. The molecule has 0 saturated heterocycles. The van der Waals surface area contributed by atoms with E-state index >= 15 is 0 Å². The Morgan fingerprint density at radius 2 is 2.25 bits per heavy atom. The van der Waals surface area contributed by atoms with Crippen LogP contribution in [-0.2, 0) is 5.41 Å². The van der Waals surface area contributed by atoms with Crippen molar-refractivity contribution in [1.29, 1.82) is 0 Å². The Morgan fingerprint density at radius 1 is 1.42 bits per heavy atom. The number of nitrogens with two attached hydrogens (primary N) is 1. The molecular weight excluding hydrogens is 150 g/mol. The van der Waals surface area contributed by atoms with E-state index in [0.29, 0.717) is 5.41 Å². The lowest BCUT2D eigenvalue weighted by Crippen LogP contribution is -2.14. The molecule has 3 heteroatoms. The molecule has 2 N–H and O–H groups in total. The van der Waals surface area contributed by atoms with Crippen molar-refractivity contribution in [1.82, 2.24) is 9.97 Å². The fourth-order valence-corrected chi connectivity index (χ4v) is 1.63. The summed E-state index contributed by atoms with van der Waals surface area (Å²) in [7, 11) is 0. The van der Waals surface area contributed by atoms with Crippen LogP contribution in [0.15, 0.2) is 18.6 Å². The largest absolute Gasteiger partial charge is 0.330 e. The highest BCUT2D eigenvalue weighted by molar-refractivity contribution is 5.21. The summed E-state index contributed by atoms with van der Waals surface area (Å²) in [5, 5.41) is 0. The second-order valence-corrected chi connectivity index (χ2v) is 3.41. The zero-order valence-corrected chi connectivity index (χ0v) is 7.03. The van der Waals surface area contributed by atoms with E-state index in [1.807, 2.05) is 6.20 Å². The number of nitrogens with zero attached hydrogens (tertiary/aromatic N) is 2. The zero-order valence-electron chi connectivity index (χ0n) is 7.03. The highest BCUT2D eigenvalue weighted by Gasteiger charge is 2.44. The van der Waals surface area contributed by atoms with Gasteiger partial charge in [-0.3, -0.25) is 9.97 Å². The third-order valence-electron chi connectivity index (χ3n) is 2.58. The van der Waals surface area contributed by atoms with Gasteiger partial charge in [0.05, 0.1) is 5.69 Å². The van der Waals surface area contributed by atoms with Gasteiger partial charge in [0.25, 0.3) is 0 Å².